The number of hydrogen-bond donors (Lipinski definition) is 4. The quantitative estimate of drug-likeness (QED) is 0.229. The SMILES string of the molecule is Cl.O=NO.O=P(O)(O)O. The Morgan fingerprint density at radius 1 is 1.22 bits per heavy atom. The molecular formula is H5ClNO6P. The van der Waals surface area contributed by atoms with E-state index < -0.39 is 7.82 Å². The van der Waals surface area contributed by atoms with Gasteiger partial charge in [-0.2, -0.15) is 0 Å². The minimum Gasteiger partial charge on any atom is -0.379 e. The monoisotopic (exact) mass is 181 g/mol. The summed E-state index contributed by atoms with van der Waals surface area (Å²) < 4.78 is 8.88. The second-order valence-corrected chi connectivity index (χ2v) is 1.62. The molecule has 0 aromatic carbocycles. The molecule has 0 fully saturated rings. The highest BCUT2D eigenvalue weighted by atomic mass is 35.5. The molecule has 7 nitrogen and oxygen atoms in total. The summed E-state index contributed by atoms with van der Waals surface area (Å²) in [5, 5.41) is 7.89. The van der Waals surface area contributed by atoms with E-state index in [9.17, 15) is 0 Å². The molecule has 9 heavy (non-hydrogen) atoms. The molecule has 0 aromatic heterocycles. The second kappa shape index (κ2) is 7.80. The molecule has 58 valence electrons. The van der Waals surface area contributed by atoms with Crippen molar-refractivity contribution in [3.63, 3.8) is 0 Å². The zero-order valence-electron chi connectivity index (χ0n) is 3.91. The van der Waals surface area contributed by atoms with Crippen molar-refractivity contribution in [3.8, 4) is 0 Å². The zero-order chi connectivity index (χ0) is 7.21. The van der Waals surface area contributed by atoms with Gasteiger partial charge in [0, 0.05) is 0 Å². The minimum absolute atomic E-state index is 0. The highest BCUT2D eigenvalue weighted by molar-refractivity contribution is 7.45. The number of nitrogens with zero attached hydrogens (tertiary/aromatic N) is 1. The molecule has 0 aliphatic rings. The van der Waals surface area contributed by atoms with E-state index in [2.05, 4.69) is 0 Å². The van der Waals surface area contributed by atoms with Gasteiger partial charge in [0.05, 0.1) is 0 Å². The van der Waals surface area contributed by atoms with E-state index in [1.54, 1.807) is 0 Å². The second-order valence-electron chi connectivity index (χ2n) is 0.595. The van der Waals surface area contributed by atoms with Gasteiger partial charge in [-0.25, -0.2) is 4.57 Å². The van der Waals surface area contributed by atoms with Gasteiger partial charge < -0.3 is 19.9 Å². The molecule has 0 amide bonds. The van der Waals surface area contributed by atoms with Crippen molar-refractivity contribution in [2.24, 2.45) is 5.34 Å². The van der Waals surface area contributed by atoms with Crippen LogP contribution < -0.4 is 0 Å². The molecule has 0 heterocycles. The van der Waals surface area contributed by atoms with Gasteiger partial charge in [-0.05, 0) is 0 Å². The van der Waals surface area contributed by atoms with Crippen LogP contribution in [0.4, 0.5) is 0 Å². The first-order valence-corrected chi connectivity index (χ1v) is 2.73. The Morgan fingerprint density at radius 2 is 1.22 bits per heavy atom. The highest BCUT2D eigenvalue weighted by Crippen LogP contribution is 2.25. The predicted octanol–water partition coefficient (Wildman–Crippen LogP) is -0.365. The Morgan fingerprint density at radius 3 is 1.22 bits per heavy atom. The van der Waals surface area contributed by atoms with Gasteiger partial charge in [-0.3, -0.25) is 0 Å². The van der Waals surface area contributed by atoms with Gasteiger partial charge >= 0.3 is 7.82 Å². The minimum atomic E-state index is -4.64. The third kappa shape index (κ3) is 6560. The maximum atomic E-state index is 8.88. The first-order chi connectivity index (χ1) is 3.41. The number of phosphoric acid groups is 1. The van der Waals surface area contributed by atoms with Crippen LogP contribution in [0.25, 0.3) is 0 Å². The maximum Gasteiger partial charge on any atom is 0.466 e. The summed E-state index contributed by atoms with van der Waals surface area (Å²) >= 11 is 0. The Hall–Kier alpha value is -0.200. The van der Waals surface area contributed by atoms with E-state index in [4.69, 9.17) is 29.4 Å². The summed E-state index contributed by atoms with van der Waals surface area (Å²) in [6.45, 7) is 0. The summed E-state index contributed by atoms with van der Waals surface area (Å²) in [4.78, 5) is 29.7. The van der Waals surface area contributed by atoms with Crippen molar-refractivity contribution in [2.45, 2.75) is 0 Å². The van der Waals surface area contributed by atoms with Crippen molar-refractivity contribution in [3.05, 3.63) is 4.91 Å². The van der Waals surface area contributed by atoms with Crippen LogP contribution in [0.15, 0.2) is 5.34 Å². The first kappa shape index (κ1) is 15.9. The summed E-state index contributed by atoms with van der Waals surface area (Å²) in [5.74, 6) is 0. The van der Waals surface area contributed by atoms with Gasteiger partial charge in [-0.1, -0.05) is 0 Å². The lowest BCUT2D eigenvalue weighted by molar-refractivity contribution is 0.275. The largest absolute Gasteiger partial charge is 0.466 e. The molecule has 0 unspecified atom stereocenters. The fraction of sp³-hybridized carbons (Fsp3) is 0. The van der Waals surface area contributed by atoms with Crippen molar-refractivity contribution >= 4 is 20.2 Å². The third-order valence-corrected chi connectivity index (χ3v) is 0. The Balaban J connectivity index is -0.0000000800. The molecule has 0 radical (unpaired) electrons. The zero-order valence-corrected chi connectivity index (χ0v) is 5.62. The lowest BCUT2D eigenvalue weighted by Crippen LogP contribution is -1.66. The van der Waals surface area contributed by atoms with E-state index in [0.29, 0.717) is 0 Å². The maximum absolute atomic E-state index is 8.88. The number of hydrogen-bond acceptors (Lipinski definition) is 3. The number of halogens is 1. The topological polar surface area (TPSA) is 127 Å². The molecule has 0 spiro atoms. The van der Waals surface area contributed by atoms with Gasteiger partial charge in [0.15, 0.2) is 5.34 Å². The van der Waals surface area contributed by atoms with Crippen LogP contribution in [0.2, 0.25) is 0 Å². The van der Waals surface area contributed by atoms with Crippen LogP contribution in [0.5, 0.6) is 0 Å². The fourth-order valence-corrected chi connectivity index (χ4v) is 0. The average molecular weight is 181 g/mol. The normalized spacial score (nSPS) is 7.89. The predicted molar refractivity (Wildman–Crippen MR) is 29.1 cm³/mol. The summed E-state index contributed by atoms with van der Waals surface area (Å²) in [7, 11) is -4.64. The Bertz CT molecular complexity index is 87.0. The molecule has 0 aliphatic carbocycles. The van der Waals surface area contributed by atoms with Gasteiger partial charge in [0.1, 0.15) is 0 Å². The average Bonchev–Trinajstić information content (AvgIpc) is 1.27. The van der Waals surface area contributed by atoms with Crippen LogP contribution in [0.1, 0.15) is 0 Å². The van der Waals surface area contributed by atoms with Crippen molar-refractivity contribution in [1.29, 1.82) is 0 Å². The molecule has 0 saturated carbocycles. The smallest absolute Gasteiger partial charge is 0.379 e. The lowest BCUT2D eigenvalue weighted by atomic mass is 13.4. The van der Waals surface area contributed by atoms with Gasteiger partial charge in [-0.15, -0.1) is 17.3 Å². The van der Waals surface area contributed by atoms with Crippen LogP contribution in [0.3, 0.4) is 0 Å². The Labute approximate surface area is 55.9 Å². The molecule has 0 atom stereocenters. The molecule has 0 bridgehead atoms. The standard InChI is InChI=1S/ClH.HNO2.H3O4P/c;2-1-3;1-5(2,3)4/h1H;(H,2,3);(H3,1,2,3,4). The summed E-state index contributed by atoms with van der Waals surface area (Å²) in [6.07, 6.45) is 0. The molecule has 9 heteroatoms. The van der Waals surface area contributed by atoms with Crippen molar-refractivity contribution in [1.82, 2.24) is 0 Å². The summed E-state index contributed by atoms with van der Waals surface area (Å²) in [6, 6.07) is 0. The fourth-order valence-electron chi connectivity index (χ4n) is 0. The van der Waals surface area contributed by atoms with E-state index in [1.807, 2.05) is 0 Å². The van der Waals surface area contributed by atoms with Gasteiger partial charge in [0.25, 0.3) is 0 Å². The van der Waals surface area contributed by atoms with Crippen LogP contribution in [0, 0.1) is 4.91 Å². The molecule has 0 rings (SSSR count). The van der Waals surface area contributed by atoms with E-state index in [1.165, 1.54) is 5.34 Å². The molecule has 0 aliphatic heterocycles. The third-order valence-electron chi connectivity index (χ3n) is 0. The van der Waals surface area contributed by atoms with Crippen LogP contribution in [-0.2, 0) is 4.57 Å². The summed E-state index contributed by atoms with van der Waals surface area (Å²) in [5.41, 5.74) is 0. The molecule has 0 saturated heterocycles. The first-order valence-electron chi connectivity index (χ1n) is 1.17. The lowest BCUT2D eigenvalue weighted by Gasteiger charge is -1.82. The molecule has 0 aromatic rings. The molecule has 4 N–H and O–H groups in total. The van der Waals surface area contributed by atoms with Crippen LogP contribution >= 0.6 is 20.2 Å². The molecular weight excluding hydrogens is 176 g/mol. The van der Waals surface area contributed by atoms with Crippen molar-refractivity contribution < 1.29 is 24.5 Å². The van der Waals surface area contributed by atoms with Gasteiger partial charge in [0.2, 0.25) is 0 Å². The Kier molecular flexibility index (Phi) is 13.8. The van der Waals surface area contributed by atoms with E-state index >= 15 is 0 Å². The van der Waals surface area contributed by atoms with E-state index in [-0.39, 0.29) is 12.4 Å². The highest BCUT2D eigenvalue weighted by Gasteiger charge is 2.00. The van der Waals surface area contributed by atoms with E-state index in [0.717, 1.165) is 0 Å². The van der Waals surface area contributed by atoms with Crippen molar-refractivity contribution in [2.75, 3.05) is 0 Å². The van der Waals surface area contributed by atoms with Crippen LogP contribution in [-0.4, -0.2) is 19.9 Å². The number of rotatable bonds is 0.